The van der Waals surface area contributed by atoms with E-state index in [2.05, 4.69) is 21.9 Å². The Morgan fingerprint density at radius 1 is 1.17 bits per heavy atom. The van der Waals surface area contributed by atoms with Crippen LogP contribution in [0, 0.1) is 0 Å². The smallest absolute Gasteiger partial charge is 0.292 e. The van der Waals surface area contributed by atoms with Crippen molar-refractivity contribution in [1.82, 2.24) is 4.98 Å². The maximum atomic E-state index is 8.95. The Morgan fingerprint density at radius 3 is 2.33 bits per heavy atom. The van der Waals surface area contributed by atoms with Crippen LogP contribution in [0.2, 0.25) is 0 Å². The van der Waals surface area contributed by atoms with Crippen molar-refractivity contribution in [3.8, 4) is 11.6 Å². The molecule has 0 aliphatic carbocycles. The van der Waals surface area contributed by atoms with Crippen LogP contribution in [0.3, 0.4) is 0 Å². The van der Waals surface area contributed by atoms with Gasteiger partial charge >= 0.3 is 0 Å². The van der Waals surface area contributed by atoms with Gasteiger partial charge in [0.2, 0.25) is 5.88 Å². The maximum Gasteiger partial charge on any atom is 0.292 e. The summed E-state index contributed by atoms with van der Waals surface area (Å²) >= 11 is 0. The first-order valence-corrected chi connectivity index (χ1v) is 7.08. The van der Waals surface area contributed by atoms with Gasteiger partial charge in [-0.1, -0.05) is 30.3 Å². The quantitative estimate of drug-likeness (QED) is 0.768. The number of rotatable bonds is 7. The van der Waals surface area contributed by atoms with Crippen molar-refractivity contribution in [3.05, 3.63) is 54.2 Å². The molecule has 1 aromatic carbocycles. The highest BCUT2D eigenvalue weighted by molar-refractivity contribution is 5.85. The van der Waals surface area contributed by atoms with E-state index in [-0.39, 0.29) is 18.4 Å². The highest BCUT2D eigenvalue weighted by Gasteiger charge is 2.05. The summed E-state index contributed by atoms with van der Waals surface area (Å²) in [6, 6.07) is 13.7. The molecular formula is C17H23ClN2O4. The predicted molar refractivity (Wildman–Crippen MR) is 94.7 cm³/mol. The van der Waals surface area contributed by atoms with Gasteiger partial charge in [0, 0.05) is 12.1 Å². The van der Waals surface area contributed by atoms with E-state index in [4.69, 9.17) is 20.0 Å². The van der Waals surface area contributed by atoms with Crippen molar-refractivity contribution in [1.29, 1.82) is 0 Å². The molecule has 7 heteroatoms. The Hall–Kier alpha value is -2.31. The molecule has 0 fully saturated rings. The first-order chi connectivity index (χ1) is 11.2. The average Bonchev–Trinajstić information content (AvgIpc) is 2.61. The van der Waals surface area contributed by atoms with E-state index in [0.29, 0.717) is 24.7 Å². The van der Waals surface area contributed by atoms with Crippen LogP contribution in [0.5, 0.6) is 11.6 Å². The predicted octanol–water partition coefficient (Wildman–Crippen LogP) is 2.25. The SMILES string of the molecule is COC=O.COc1ccc(OCC(N)Cc2ccccc2)cn1.Cl. The third-order valence-electron chi connectivity index (χ3n) is 2.82. The highest BCUT2D eigenvalue weighted by atomic mass is 35.5. The van der Waals surface area contributed by atoms with Crippen LogP contribution >= 0.6 is 12.4 Å². The molecule has 0 saturated heterocycles. The summed E-state index contributed by atoms with van der Waals surface area (Å²) in [5.74, 6) is 1.27. The number of halogens is 1. The monoisotopic (exact) mass is 354 g/mol. The minimum Gasteiger partial charge on any atom is -0.490 e. The van der Waals surface area contributed by atoms with Crippen LogP contribution in [-0.4, -0.2) is 38.3 Å². The van der Waals surface area contributed by atoms with Crippen molar-refractivity contribution in [3.63, 3.8) is 0 Å². The van der Waals surface area contributed by atoms with Gasteiger partial charge in [-0.3, -0.25) is 4.79 Å². The van der Waals surface area contributed by atoms with Crippen LogP contribution in [-0.2, 0) is 16.0 Å². The van der Waals surface area contributed by atoms with Crippen molar-refractivity contribution < 1.29 is 19.0 Å². The van der Waals surface area contributed by atoms with Crippen molar-refractivity contribution in [2.24, 2.45) is 5.73 Å². The van der Waals surface area contributed by atoms with E-state index >= 15 is 0 Å². The van der Waals surface area contributed by atoms with E-state index in [0.717, 1.165) is 6.42 Å². The van der Waals surface area contributed by atoms with Gasteiger partial charge in [-0.15, -0.1) is 12.4 Å². The summed E-state index contributed by atoms with van der Waals surface area (Å²) in [6.45, 7) is 0.836. The summed E-state index contributed by atoms with van der Waals surface area (Å²) in [5.41, 5.74) is 7.25. The largest absolute Gasteiger partial charge is 0.490 e. The first-order valence-electron chi connectivity index (χ1n) is 7.08. The number of carbonyl (C=O) groups excluding carboxylic acids is 1. The van der Waals surface area contributed by atoms with E-state index in [9.17, 15) is 0 Å². The molecule has 6 nitrogen and oxygen atoms in total. The Kier molecular flexibility index (Phi) is 11.9. The summed E-state index contributed by atoms with van der Waals surface area (Å²) in [6.07, 6.45) is 2.43. The number of benzene rings is 1. The van der Waals surface area contributed by atoms with Gasteiger partial charge in [-0.2, -0.15) is 0 Å². The van der Waals surface area contributed by atoms with Gasteiger partial charge < -0.3 is 19.9 Å². The third kappa shape index (κ3) is 8.97. The maximum absolute atomic E-state index is 8.95. The first kappa shape index (κ1) is 21.7. The number of hydrogen-bond donors (Lipinski definition) is 1. The minimum atomic E-state index is -0.0375. The lowest BCUT2D eigenvalue weighted by molar-refractivity contribution is -0.126. The Balaban J connectivity index is 0.000000954. The highest BCUT2D eigenvalue weighted by Crippen LogP contribution is 2.13. The van der Waals surface area contributed by atoms with Crippen molar-refractivity contribution >= 4 is 18.9 Å². The molecule has 0 radical (unpaired) electrons. The lowest BCUT2D eigenvalue weighted by Gasteiger charge is -2.13. The Bertz CT molecular complexity index is 552. The number of ether oxygens (including phenoxy) is 3. The molecule has 0 saturated carbocycles. The molecular weight excluding hydrogens is 332 g/mol. The van der Waals surface area contributed by atoms with Crippen LogP contribution in [0.15, 0.2) is 48.7 Å². The number of nitrogens with zero attached hydrogens (tertiary/aromatic N) is 1. The fourth-order valence-corrected chi connectivity index (χ4v) is 1.75. The molecule has 0 spiro atoms. The summed E-state index contributed by atoms with van der Waals surface area (Å²) < 4.78 is 14.4. The molecule has 0 aliphatic heterocycles. The second-order valence-corrected chi connectivity index (χ2v) is 4.63. The van der Waals surface area contributed by atoms with Crippen LogP contribution in [0.4, 0.5) is 0 Å². The number of pyridine rings is 1. The Morgan fingerprint density at radius 2 is 1.83 bits per heavy atom. The Labute approximate surface area is 148 Å². The number of nitrogens with two attached hydrogens (primary N) is 1. The third-order valence-corrected chi connectivity index (χ3v) is 2.82. The second-order valence-electron chi connectivity index (χ2n) is 4.63. The van der Waals surface area contributed by atoms with Gasteiger partial charge in [0.15, 0.2) is 0 Å². The molecule has 2 N–H and O–H groups in total. The van der Waals surface area contributed by atoms with Crippen LogP contribution < -0.4 is 15.2 Å². The number of methoxy groups -OCH3 is 2. The van der Waals surface area contributed by atoms with Crippen LogP contribution in [0.1, 0.15) is 5.56 Å². The zero-order valence-corrected chi connectivity index (χ0v) is 14.6. The fourth-order valence-electron chi connectivity index (χ4n) is 1.75. The molecule has 2 rings (SSSR count). The number of hydrogen-bond acceptors (Lipinski definition) is 6. The van der Waals surface area contributed by atoms with E-state index < -0.39 is 0 Å². The lowest BCUT2D eigenvalue weighted by atomic mass is 10.1. The molecule has 132 valence electrons. The molecule has 24 heavy (non-hydrogen) atoms. The molecule has 1 heterocycles. The molecule has 1 unspecified atom stereocenters. The van der Waals surface area contributed by atoms with Gasteiger partial charge in [0.1, 0.15) is 12.4 Å². The fraction of sp³-hybridized carbons (Fsp3) is 0.294. The van der Waals surface area contributed by atoms with Gasteiger partial charge in [0.05, 0.1) is 20.4 Å². The summed E-state index contributed by atoms with van der Waals surface area (Å²) in [4.78, 5) is 13.0. The normalized spacial score (nSPS) is 10.3. The van der Waals surface area contributed by atoms with Gasteiger partial charge in [-0.05, 0) is 18.1 Å². The second kappa shape index (κ2) is 13.2. The molecule has 1 atom stereocenters. The summed E-state index contributed by atoms with van der Waals surface area (Å²) in [7, 11) is 2.89. The zero-order valence-electron chi connectivity index (χ0n) is 13.8. The molecule has 0 aliphatic rings. The average molecular weight is 355 g/mol. The van der Waals surface area contributed by atoms with Gasteiger partial charge in [0.25, 0.3) is 6.47 Å². The topological polar surface area (TPSA) is 83.7 Å². The zero-order chi connectivity index (χ0) is 16.9. The minimum absolute atomic E-state index is 0. The summed E-state index contributed by atoms with van der Waals surface area (Å²) in [5, 5.41) is 0. The lowest BCUT2D eigenvalue weighted by Crippen LogP contribution is -2.30. The van der Waals surface area contributed by atoms with Crippen molar-refractivity contribution in [2.45, 2.75) is 12.5 Å². The number of aromatic nitrogens is 1. The van der Waals surface area contributed by atoms with E-state index in [1.807, 2.05) is 24.3 Å². The van der Waals surface area contributed by atoms with E-state index in [1.165, 1.54) is 12.7 Å². The standard InChI is InChI=1S/C15H18N2O2.C2H4O2.ClH/c1-18-15-8-7-14(10-17-15)19-11-13(16)9-12-5-3-2-4-6-12;1-4-2-3;/h2-8,10,13H,9,11,16H2,1H3;2H,1H3;1H. The number of carbonyl (C=O) groups is 1. The molecule has 0 amide bonds. The van der Waals surface area contributed by atoms with Crippen LogP contribution in [0.25, 0.3) is 0 Å². The molecule has 1 aromatic heterocycles. The molecule has 2 aromatic rings. The molecule has 0 bridgehead atoms. The van der Waals surface area contributed by atoms with Gasteiger partial charge in [-0.25, -0.2) is 4.98 Å². The van der Waals surface area contributed by atoms with Crippen molar-refractivity contribution in [2.75, 3.05) is 20.8 Å². The van der Waals surface area contributed by atoms with E-state index in [1.54, 1.807) is 19.4 Å².